The van der Waals surface area contributed by atoms with E-state index in [4.69, 9.17) is 0 Å². The molecule has 5 nitrogen and oxygen atoms in total. The average Bonchev–Trinajstić information content (AvgIpc) is 3.27. The first-order valence-corrected chi connectivity index (χ1v) is 9.12. The number of imidazole rings is 1. The highest BCUT2D eigenvalue weighted by Crippen LogP contribution is 2.19. The maximum Gasteiger partial charge on any atom is 0.252 e. The molecular weight excluding hydrogens is 308 g/mol. The van der Waals surface area contributed by atoms with Gasteiger partial charge in [0.25, 0.3) is 5.91 Å². The van der Waals surface area contributed by atoms with Crippen molar-refractivity contribution in [3.8, 4) is 0 Å². The Morgan fingerprint density at radius 2 is 2.39 bits per heavy atom. The van der Waals surface area contributed by atoms with Gasteiger partial charge in [0.1, 0.15) is 5.82 Å². The van der Waals surface area contributed by atoms with Crippen molar-refractivity contribution in [3.05, 3.63) is 40.6 Å². The number of aromatic nitrogens is 2. The van der Waals surface area contributed by atoms with Crippen LogP contribution in [-0.2, 0) is 6.54 Å². The number of likely N-dealkylation sites (tertiary alicyclic amines) is 1. The van der Waals surface area contributed by atoms with Crippen molar-refractivity contribution in [2.75, 3.05) is 19.6 Å². The molecule has 0 bridgehead atoms. The molecule has 124 valence electrons. The Morgan fingerprint density at radius 1 is 1.52 bits per heavy atom. The van der Waals surface area contributed by atoms with Gasteiger partial charge in [-0.15, -0.1) is 0 Å². The van der Waals surface area contributed by atoms with Crippen molar-refractivity contribution in [1.29, 1.82) is 0 Å². The lowest BCUT2D eigenvalue weighted by Crippen LogP contribution is -2.31. The molecule has 2 aromatic heterocycles. The average molecular weight is 332 g/mol. The molecule has 0 aliphatic carbocycles. The summed E-state index contributed by atoms with van der Waals surface area (Å²) in [4.78, 5) is 18.9. The third kappa shape index (κ3) is 4.00. The van der Waals surface area contributed by atoms with E-state index in [2.05, 4.69) is 39.8 Å². The summed E-state index contributed by atoms with van der Waals surface area (Å²) in [7, 11) is 0. The molecule has 1 saturated heterocycles. The van der Waals surface area contributed by atoms with Gasteiger partial charge in [-0.25, -0.2) is 4.98 Å². The first-order chi connectivity index (χ1) is 11.1. The second-order valence-corrected chi connectivity index (χ2v) is 7.24. The first-order valence-electron chi connectivity index (χ1n) is 8.18. The SMILES string of the molecule is CC(C)n1ccnc1CN1CC[C@@H](CNC(=O)c2ccsc2)C1. The summed E-state index contributed by atoms with van der Waals surface area (Å²) in [5.41, 5.74) is 0.767. The maximum atomic E-state index is 12.0. The smallest absolute Gasteiger partial charge is 0.252 e. The summed E-state index contributed by atoms with van der Waals surface area (Å²) < 4.78 is 2.23. The normalized spacial score (nSPS) is 18.7. The number of amides is 1. The zero-order valence-corrected chi connectivity index (χ0v) is 14.6. The van der Waals surface area contributed by atoms with E-state index in [0.29, 0.717) is 12.0 Å². The van der Waals surface area contributed by atoms with Crippen molar-refractivity contribution in [3.63, 3.8) is 0 Å². The monoisotopic (exact) mass is 332 g/mol. The van der Waals surface area contributed by atoms with Crippen molar-refractivity contribution in [1.82, 2.24) is 19.8 Å². The number of nitrogens with one attached hydrogen (secondary N) is 1. The van der Waals surface area contributed by atoms with Crippen molar-refractivity contribution in [2.45, 2.75) is 32.9 Å². The van der Waals surface area contributed by atoms with Crippen molar-refractivity contribution < 1.29 is 4.79 Å². The summed E-state index contributed by atoms with van der Waals surface area (Å²) in [6, 6.07) is 2.31. The minimum atomic E-state index is 0.0417. The fourth-order valence-electron chi connectivity index (χ4n) is 3.09. The zero-order chi connectivity index (χ0) is 16.2. The summed E-state index contributed by atoms with van der Waals surface area (Å²) in [6.45, 7) is 8.10. The molecular formula is C17H24N4OS. The van der Waals surface area contributed by atoms with Crippen LogP contribution in [0.15, 0.2) is 29.2 Å². The molecule has 1 atom stereocenters. The molecule has 0 spiro atoms. The van der Waals surface area contributed by atoms with Gasteiger partial charge in [0.2, 0.25) is 0 Å². The van der Waals surface area contributed by atoms with E-state index in [-0.39, 0.29) is 5.91 Å². The van der Waals surface area contributed by atoms with Crippen molar-refractivity contribution in [2.24, 2.45) is 5.92 Å². The third-order valence-electron chi connectivity index (χ3n) is 4.37. The van der Waals surface area contributed by atoms with Crippen LogP contribution in [0, 0.1) is 5.92 Å². The molecule has 3 heterocycles. The fraction of sp³-hybridized carbons (Fsp3) is 0.529. The lowest BCUT2D eigenvalue weighted by Gasteiger charge is -2.18. The van der Waals surface area contributed by atoms with Crippen LogP contribution in [0.1, 0.15) is 42.5 Å². The molecule has 1 aliphatic rings. The molecule has 23 heavy (non-hydrogen) atoms. The summed E-state index contributed by atoms with van der Waals surface area (Å²) >= 11 is 1.55. The van der Waals surface area contributed by atoms with Crippen LogP contribution in [0.2, 0.25) is 0 Å². The number of carbonyl (C=O) groups is 1. The Bertz CT molecular complexity index is 635. The van der Waals surface area contributed by atoms with E-state index in [9.17, 15) is 4.79 Å². The number of thiophene rings is 1. The summed E-state index contributed by atoms with van der Waals surface area (Å²) in [5.74, 6) is 1.70. The van der Waals surface area contributed by atoms with Crippen LogP contribution in [0.25, 0.3) is 0 Å². The van der Waals surface area contributed by atoms with Gasteiger partial charge < -0.3 is 9.88 Å². The predicted molar refractivity (Wildman–Crippen MR) is 92.6 cm³/mol. The van der Waals surface area contributed by atoms with Gasteiger partial charge in [0.15, 0.2) is 0 Å². The van der Waals surface area contributed by atoms with E-state index < -0.39 is 0 Å². The number of nitrogens with zero attached hydrogens (tertiary/aromatic N) is 3. The Hall–Kier alpha value is -1.66. The Morgan fingerprint density at radius 3 is 3.13 bits per heavy atom. The molecule has 0 saturated carbocycles. The van der Waals surface area contributed by atoms with E-state index in [1.807, 2.05) is 23.0 Å². The van der Waals surface area contributed by atoms with E-state index in [1.54, 1.807) is 11.3 Å². The molecule has 0 radical (unpaired) electrons. The molecule has 1 N–H and O–H groups in total. The number of rotatable bonds is 6. The molecule has 0 unspecified atom stereocenters. The standard InChI is InChI=1S/C17H24N4OS/c1-13(2)21-7-5-18-16(21)11-20-6-3-14(10-20)9-19-17(22)15-4-8-23-12-15/h4-5,7-8,12-14H,3,6,9-11H2,1-2H3,(H,19,22)/t14-/m0/s1. The largest absolute Gasteiger partial charge is 0.352 e. The highest BCUT2D eigenvalue weighted by molar-refractivity contribution is 7.08. The highest BCUT2D eigenvalue weighted by atomic mass is 32.1. The van der Waals surface area contributed by atoms with Gasteiger partial charge in [-0.05, 0) is 44.2 Å². The van der Waals surface area contributed by atoms with Crippen LogP contribution >= 0.6 is 11.3 Å². The maximum absolute atomic E-state index is 12.0. The zero-order valence-electron chi connectivity index (χ0n) is 13.7. The second-order valence-electron chi connectivity index (χ2n) is 6.46. The number of carbonyl (C=O) groups excluding carboxylic acids is 1. The van der Waals surface area contributed by atoms with E-state index in [0.717, 1.165) is 44.0 Å². The van der Waals surface area contributed by atoms with Gasteiger partial charge >= 0.3 is 0 Å². The highest BCUT2D eigenvalue weighted by Gasteiger charge is 2.24. The number of hydrogen-bond acceptors (Lipinski definition) is 4. The molecule has 3 rings (SSSR count). The predicted octanol–water partition coefficient (Wildman–Crippen LogP) is 2.78. The molecule has 1 aliphatic heterocycles. The van der Waals surface area contributed by atoms with Gasteiger partial charge in [-0.3, -0.25) is 9.69 Å². The minimum Gasteiger partial charge on any atom is -0.352 e. The molecule has 6 heteroatoms. The third-order valence-corrected chi connectivity index (χ3v) is 5.06. The van der Waals surface area contributed by atoms with E-state index in [1.165, 1.54) is 0 Å². The van der Waals surface area contributed by atoms with Gasteiger partial charge in [0, 0.05) is 42.5 Å². The molecule has 1 fully saturated rings. The molecule has 0 aromatic carbocycles. The fourth-order valence-corrected chi connectivity index (χ4v) is 3.73. The van der Waals surface area contributed by atoms with Crippen LogP contribution in [-0.4, -0.2) is 40.0 Å². The Labute approximate surface area is 141 Å². The summed E-state index contributed by atoms with van der Waals surface area (Å²) in [5, 5.41) is 6.88. The second kappa shape index (κ2) is 7.27. The van der Waals surface area contributed by atoms with Crippen LogP contribution in [0.3, 0.4) is 0 Å². The Balaban J connectivity index is 1.47. The van der Waals surface area contributed by atoms with Crippen LogP contribution < -0.4 is 5.32 Å². The summed E-state index contributed by atoms with van der Waals surface area (Å²) in [6.07, 6.45) is 5.06. The van der Waals surface area contributed by atoms with Crippen LogP contribution in [0.5, 0.6) is 0 Å². The van der Waals surface area contributed by atoms with E-state index >= 15 is 0 Å². The minimum absolute atomic E-state index is 0.0417. The first kappa shape index (κ1) is 16.2. The lowest BCUT2D eigenvalue weighted by molar-refractivity contribution is 0.0947. The number of hydrogen-bond donors (Lipinski definition) is 1. The quantitative estimate of drug-likeness (QED) is 0.885. The van der Waals surface area contributed by atoms with Crippen molar-refractivity contribution >= 4 is 17.2 Å². The van der Waals surface area contributed by atoms with Gasteiger partial charge in [-0.2, -0.15) is 11.3 Å². The van der Waals surface area contributed by atoms with Crippen LogP contribution in [0.4, 0.5) is 0 Å². The Kier molecular flexibility index (Phi) is 5.13. The molecule has 1 amide bonds. The van der Waals surface area contributed by atoms with Gasteiger partial charge in [-0.1, -0.05) is 0 Å². The molecule has 2 aromatic rings. The lowest BCUT2D eigenvalue weighted by atomic mass is 10.1. The topological polar surface area (TPSA) is 50.2 Å². The van der Waals surface area contributed by atoms with Gasteiger partial charge in [0.05, 0.1) is 6.54 Å².